The monoisotopic (exact) mass is 306 g/mol. The second-order valence-electron chi connectivity index (χ2n) is 4.01. The predicted molar refractivity (Wildman–Crippen MR) is 75.7 cm³/mol. The normalized spacial score (nSPS) is 12.2. The molecule has 0 spiro atoms. The molecule has 106 valence electrons. The first-order valence-corrected chi connectivity index (χ1v) is 6.41. The van der Waals surface area contributed by atoms with E-state index in [1.54, 1.807) is 0 Å². The average molecular weight is 307 g/mol. The van der Waals surface area contributed by atoms with Crippen LogP contribution >= 0.6 is 23.2 Å². The zero-order chi connectivity index (χ0) is 14.4. The molecule has 0 saturated carbocycles. The summed E-state index contributed by atoms with van der Waals surface area (Å²) in [4.78, 5) is 11.8. The van der Waals surface area contributed by atoms with Crippen molar-refractivity contribution in [3.8, 4) is 0 Å². The molecular formula is C12H16Cl2N2O3. The van der Waals surface area contributed by atoms with Gasteiger partial charge >= 0.3 is 0 Å². The van der Waals surface area contributed by atoms with Crippen LogP contribution in [0.4, 0.5) is 5.69 Å². The van der Waals surface area contributed by atoms with Gasteiger partial charge in [-0.1, -0.05) is 23.2 Å². The first-order chi connectivity index (χ1) is 8.95. The van der Waals surface area contributed by atoms with Gasteiger partial charge < -0.3 is 20.9 Å². The minimum Gasteiger partial charge on any atom is -0.396 e. The van der Waals surface area contributed by atoms with Crippen molar-refractivity contribution < 1.29 is 14.6 Å². The molecule has 0 bridgehead atoms. The summed E-state index contributed by atoms with van der Waals surface area (Å²) < 4.78 is 4.78. The summed E-state index contributed by atoms with van der Waals surface area (Å²) in [6.07, 6.45) is -0.209. The highest BCUT2D eigenvalue weighted by Crippen LogP contribution is 2.28. The molecule has 1 aromatic rings. The number of methoxy groups -OCH3 is 1. The molecule has 0 radical (unpaired) electrons. The summed E-state index contributed by atoms with van der Waals surface area (Å²) in [5.41, 5.74) is 6.15. The van der Waals surface area contributed by atoms with E-state index in [4.69, 9.17) is 33.7 Å². The Balaban J connectivity index is 2.55. The molecule has 1 amide bonds. The fraction of sp³-hybridized carbons (Fsp3) is 0.417. The van der Waals surface area contributed by atoms with Crippen LogP contribution in [0.2, 0.25) is 10.0 Å². The van der Waals surface area contributed by atoms with Crippen molar-refractivity contribution in [1.82, 2.24) is 5.32 Å². The van der Waals surface area contributed by atoms with Crippen LogP contribution in [0.3, 0.4) is 0 Å². The van der Waals surface area contributed by atoms with E-state index in [-0.39, 0.29) is 28.2 Å². The number of halogens is 2. The first kappa shape index (κ1) is 16.0. The largest absolute Gasteiger partial charge is 0.396 e. The third-order valence-electron chi connectivity index (χ3n) is 2.46. The lowest BCUT2D eigenvalue weighted by Crippen LogP contribution is -2.28. The van der Waals surface area contributed by atoms with Crippen molar-refractivity contribution in [2.45, 2.75) is 12.5 Å². The minimum atomic E-state index is -0.608. The number of hydrogen-bond donors (Lipinski definition) is 3. The molecule has 1 aromatic carbocycles. The summed E-state index contributed by atoms with van der Waals surface area (Å²) in [6.45, 7) is 0.554. The third kappa shape index (κ3) is 4.87. The summed E-state index contributed by atoms with van der Waals surface area (Å²) >= 11 is 11.7. The van der Waals surface area contributed by atoms with Crippen molar-refractivity contribution in [3.63, 3.8) is 0 Å². The zero-order valence-electron chi connectivity index (χ0n) is 10.5. The van der Waals surface area contributed by atoms with Crippen LogP contribution < -0.4 is 11.1 Å². The van der Waals surface area contributed by atoms with Crippen LogP contribution in [-0.2, 0) is 4.74 Å². The highest BCUT2D eigenvalue weighted by molar-refractivity contribution is 6.39. The molecule has 7 heteroatoms. The number of benzene rings is 1. The van der Waals surface area contributed by atoms with Gasteiger partial charge in [-0.2, -0.15) is 0 Å². The molecule has 1 unspecified atom stereocenters. The molecule has 0 aliphatic rings. The lowest BCUT2D eigenvalue weighted by atomic mass is 10.2. The van der Waals surface area contributed by atoms with Gasteiger partial charge in [0, 0.05) is 19.2 Å². The second-order valence-corrected chi connectivity index (χ2v) is 4.82. The lowest BCUT2D eigenvalue weighted by Gasteiger charge is -2.11. The highest BCUT2D eigenvalue weighted by atomic mass is 35.5. The summed E-state index contributed by atoms with van der Waals surface area (Å²) in [5, 5.41) is 12.5. The Kier molecular flexibility index (Phi) is 6.37. The molecular weight excluding hydrogens is 291 g/mol. The average Bonchev–Trinajstić information content (AvgIpc) is 2.35. The molecule has 4 N–H and O–H groups in total. The number of ether oxygens (including phenoxy) is 1. The third-order valence-corrected chi connectivity index (χ3v) is 3.09. The van der Waals surface area contributed by atoms with Crippen molar-refractivity contribution in [2.75, 3.05) is 26.0 Å². The van der Waals surface area contributed by atoms with Gasteiger partial charge in [-0.25, -0.2) is 0 Å². The number of aliphatic hydroxyl groups is 1. The number of nitrogens with one attached hydrogen (secondary N) is 1. The van der Waals surface area contributed by atoms with E-state index in [1.165, 1.54) is 19.2 Å². The maximum Gasteiger partial charge on any atom is 0.251 e. The van der Waals surface area contributed by atoms with Crippen LogP contribution in [-0.4, -0.2) is 37.4 Å². The van der Waals surface area contributed by atoms with Gasteiger partial charge in [-0.05, 0) is 18.6 Å². The molecule has 5 nitrogen and oxygen atoms in total. The van der Waals surface area contributed by atoms with E-state index in [9.17, 15) is 9.90 Å². The molecule has 0 fully saturated rings. The number of hydrogen-bond acceptors (Lipinski definition) is 4. The van der Waals surface area contributed by atoms with Crippen LogP contribution in [0.5, 0.6) is 0 Å². The standard InChI is InChI=1S/C12H16Cl2N2O3/c1-19-6-8(17)2-3-16-12(18)7-4-9(13)11(15)10(14)5-7/h4-5,8,17H,2-3,6,15H2,1H3,(H,16,18). The predicted octanol–water partition coefficient (Wildman–Crippen LogP) is 1.70. The summed E-state index contributed by atoms with van der Waals surface area (Å²) in [6, 6.07) is 2.90. The SMILES string of the molecule is COCC(O)CCNC(=O)c1cc(Cl)c(N)c(Cl)c1. The van der Waals surface area contributed by atoms with Crippen LogP contribution in [0.1, 0.15) is 16.8 Å². The Morgan fingerprint density at radius 1 is 1.47 bits per heavy atom. The minimum absolute atomic E-state index is 0.232. The molecule has 0 heterocycles. The van der Waals surface area contributed by atoms with Crippen molar-refractivity contribution in [1.29, 1.82) is 0 Å². The van der Waals surface area contributed by atoms with Gasteiger partial charge in [-0.15, -0.1) is 0 Å². The zero-order valence-corrected chi connectivity index (χ0v) is 12.0. The number of amides is 1. The van der Waals surface area contributed by atoms with Gasteiger partial charge in [0.15, 0.2) is 0 Å². The molecule has 1 atom stereocenters. The second kappa shape index (κ2) is 7.55. The van der Waals surface area contributed by atoms with Crippen molar-refractivity contribution >= 4 is 34.8 Å². The van der Waals surface area contributed by atoms with E-state index in [1.807, 2.05) is 0 Å². The molecule has 0 aromatic heterocycles. The van der Waals surface area contributed by atoms with Crippen LogP contribution in [0, 0.1) is 0 Å². The number of nitrogen functional groups attached to an aromatic ring is 1. The number of carbonyl (C=O) groups is 1. The molecule has 0 aliphatic carbocycles. The maximum atomic E-state index is 11.8. The first-order valence-electron chi connectivity index (χ1n) is 5.65. The van der Waals surface area contributed by atoms with Gasteiger partial charge in [0.1, 0.15) is 0 Å². The number of rotatable bonds is 6. The van der Waals surface area contributed by atoms with Crippen LogP contribution in [0.25, 0.3) is 0 Å². The number of aliphatic hydroxyl groups excluding tert-OH is 1. The van der Waals surface area contributed by atoms with Crippen molar-refractivity contribution in [3.05, 3.63) is 27.7 Å². The number of anilines is 1. The highest BCUT2D eigenvalue weighted by Gasteiger charge is 2.11. The van der Waals surface area contributed by atoms with Crippen molar-refractivity contribution in [2.24, 2.45) is 0 Å². The fourth-order valence-corrected chi connectivity index (χ4v) is 1.93. The van der Waals surface area contributed by atoms with E-state index in [2.05, 4.69) is 5.32 Å². The smallest absolute Gasteiger partial charge is 0.251 e. The number of nitrogens with two attached hydrogens (primary N) is 1. The summed E-state index contributed by atoms with van der Waals surface area (Å²) in [7, 11) is 1.50. The molecule has 1 rings (SSSR count). The van der Waals surface area contributed by atoms with Gasteiger partial charge in [-0.3, -0.25) is 4.79 Å². The van der Waals surface area contributed by atoms with E-state index >= 15 is 0 Å². The van der Waals surface area contributed by atoms with E-state index < -0.39 is 6.10 Å². The Morgan fingerprint density at radius 3 is 2.58 bits per heavy atom. The Hall–Kier alpha value is -1.01. The van der Waals surface area contributed by atoms with Gasteiger partial charge in [0.25, 0.3) is 5.91 Å². The van der Waals surface area contributed by atoms with Gasteiger partial charge in [0.05, 0.1) is 28.4 Å². The van der Waals surface area contributed by atoms with E-state index in [0.717, 1.165) is 0 Å². The fourth-order valence-electron chi connectivity index (χ4n) is 1.45. The number of carbonyl (C=O) groups excluding carboxylic acids is 1. The topological polar surface area (TPSA) is 84.6 Å². The Morgan fingerprint density at radius 2 is 2.05 bits per heavy atom. The lowest BCUT2D eigenvalue weighted by molar-refractivity contribution is 0.0587. The maximum absolute atomic E-state index is 11.8. The Bertz CT molecular complexity index is 432. The Labute approximate surface area is 121 Å². The van der Waals surface area contributed by atoms with Crippen LogP contribution in [0.15, 0.2) is 12.1 Å². The molecule has 19 heavy (non-hydrogen) atoms. The molecule has 0 saturated heterocycles. The van der Waals surface area contributed by atoms with E-state index in [0.29, 0.717) is 18.5 Å². The molecule has 0 aliphatic heterocycles. The van der Waals surface area contributed by atoms with Gasteiger partial charge in [0.2, 0.25) is 0 Å². The quantitative estimate of drug-likeness (QED) is 0.698. The summed E-state index contributed by atoms with van der Waals surface area (Å²) in [5.74, 6) is -0.326.